The Morgan fingerprint density at radius 2 is 0.559 bits per heavy atom. The normalized spacial score (nSPS) is 11.9. The van der Waals surface area contributed by atoms with E-state index in [0.717, 1.165) is 127 Å². The Hall–Kier alpha value is -13.0. The van der Waals surface area contributed by atoms with Gasteiger partial charge in [0.1, 0.15) is 11.3 Å². The van der Waals surface area contributed by atoms with E-state index >= 15 is 0 Å². The van der Waals surface area contributed by atoms with Gasteiger partial charge in [0.25, 0.3) is 0 Å². The van der Waals surface area contributed by atoms with Crippen molar-refractivity contribution in [2.24, 2.45) is 0 Å². The molecule has 22 aromatic rings. The van der Waals surface area contributed by atoms with E-state index in [-0.39, 0.29) is 0 Å². The molecule has 0 fully saturated rings. The van der Waals surface area contributed by atoms with E-state index in [1.165, 1.54) is 54.5 Å². The lowest BCUT2D eigenvalue weighted by Gasteiger charge is -2.12. The van der Waals surface area contributed by atoms with Crippen LogP contribution >= 0.6 is 15.9 Å². The predicted molar refractivity (Wildman–Crippen MR) is 423 cm³/mol. The molecular formula is C88H56BBrN10O2. The number of fused-ring (bicyclic) bond motifs is 22. The lowest BCUT2D eigenvalue weighted by Crippen LogP contribution is -2.29. The maximum atomic E-state index is 9.43. The Morgan fingerprint density at radius 3 is 0.990 bits per heavy atom. The van der Waals surface area contributed by atoms with Crippen LogP contribution in [-0.4, -0.2) is 64.2 Å². The van der Waals surface area contributed by atoms with Crippen molar-refractivity contribution in [3.8, 4) is 34.4 Å². The van der Waals surface area contributed by atoms with Gasteiger partial charge in [0, 0.05) is 69.7 Å². The van der Waals surface area contributed by atoms with Crippen molar-refractivity contribution >= 4 is 171 Å². The average Bonchev–Trinajstić information content (AvgIpc) is 1.56. The second-order valence-corrected chi connectivity index (χ2v) is 26.6. The molecule has 12 nitrogen and oxygen atoms in total. The largest absolute Gasteiger partial charge is 0.488 e. The number of aromatic nitrogens is 10. The second-order valence-electron chi connectivity index (χ2n) is 25.7. The summed E-state index contributed by atoms with van der Waals surface area (Å²) in [7, 11) is -1.46. The van der Waals surface area contributed by atoms with Crippen molar-refractivity contribution in [2.45, 2.75) is 0 Å². The number of halogens is 1. The molecule has 102 heavy (non-hydrogen) atoms. The molecular weight excluding hydrogens is 1320 g/mol. The van der Waals surface area contributed by atoms with Gasteiger partial charge in [-0.3, -0.25) is 17.9 Å². The number of nitrogens with zero attached hydrogens (tertiary/aromatic N) is 10. The van der Waals surface area contributed by atoms with E-state index < -0.39 is 7.12 Å². The van der Waals surface area contributed by atoms with Crippen molar-refractivity contribution in [3.05, 3.63) is 332 Å². The van der Waals surface area contributed by atoms with Crippen molar-refractivity contribution in [2.75, 3.05) is 0 Å². The lowest BCUT2D eigenvalue weighted by molar-refractivity contribution is 0.426. The molecule has 8 heterocycles. The van der Waals surface area contributed by atoms with Crippen molar-refractivity contribution in [3.63, 3.8) is 0 Å². The SMILES string of the molecule is Brc1ccc2c(c1)c1ccccc1n2-c1nc2ccccc2c2nc3ccccc3n12.OB(O)c1ccc2c(c1)c1ccccc1n2-c1ccccc1.c1ccc(-n2c3ccccc3c3cc(-c4ccc5c(c4)c4ccccc4n5-c4nc5ccccc5c5nc6ccccc6n45)ccc32)cc1. The molecule has 0 saturated carbocycles. The minimum absolute atomic E-state index is 0.503. The third kappa shape index (κ3) is 9.31. The van der Waals surface area contributed by atoms with Gasteiger partial charge in [0.05, 0.1) is 77.2 Å². The first kappa shape index (κ1) is 59.1. The quantitative estimate of drug-likeness (QED) is 0.160. The van der Waals surface area contributed by atoms with Crippen LogP contribution in [0.1, 0.15) is 0 Å². The predicted octanol–water partition coefficient (Wildman–Crippen LogP) is 20.3. The first-order valence-corrected chi connectivity index (χ1v) is 34.7. The van der Waals surface area contributed by atoms with Gasteiger partial charge in [-0.15, -0.1) is 0 Å². The molecule has 0 bridgehead atoms. The van der Waals surface area contributed by atoms with E-state index in [1.54, 1.807) is 6.07 Å². The van der Waals surface area contributed by atoms with Gasteiger partial charge in [0.15, 0.2) is 0 Å². The highest BCUT2D eigenvalue weighted by atomic mass is 79.9. The maximum absolute atomic E-state index is 9.43. The molecule has 0 unspecified atom stereocenters. The standard InChI is InChI=1S/C44H27N5.C26H15BrN4.C18H14BNO2/c1-2-12-30(13-3-1)47-38-19-9-5-14-31(38)34-26-28(22-24-40(34)47)29-23-25-41-35(27-29)32-15-6-10-20-39(32)48(41)44-46-36-17-7-4-16-33(36)43-45-37-18-8-11-21-42(37)49(43)44;27-16-13-14-23-19(15-16)17-7-2-5-11-22(17)30(23)26-29-20-9-3-1-8-18(20)25-28-21-10-4-6-12-24(21)31(25)26;21-19(22)13-10-11-18-16(12-13)15-8-4-5-9-17(15)20(18)14-6-2-1-3-7-14/h1-27H;1-15H;1-12,21-22H. The van der Waals surface area contributed by atoms with Crippen LogP contribution in [0.15, 0.2) is 332 Å². The minimum atomic E-state index is -1.46. The molecule has 22 rings (SSSR count). The summed E-state index contributed by atoms with van der Waals surface area (Å²) in [6.45, 7) is 0. The number of hydrogen-bond donors (Lipinski definition) is 2. The second kappa shape index (κ2) is 23.6. The Bertz CT molecular complexity index is 7150. The molecule has 0 atom stereocenters. The summed E-state index contributed by atoms with van der Waals surface area (Å²) >= 11 is 3.64. The third-order valence-electron chi connectivity index (χ3n) is 20.0. The van der Waals surface area contributed by atoms with Gasteiger partial charge in [-0.05, 0) is 162 Å². The van der Waals surface area contributed by atoms with E-state index in [9.17, 15) is 10.0 Å². The fourth-order valence-electron chi connectivity index (χ4n) is 15.5. The highest BCUT2D eigenvalue weighted by molar-refractivity contribution is 9.10. The number of para-hydroxylation sites is 12. The molecule has 2 N–H and O–H groups in total. The molecule has 8 aromatic heterocycles. The zero-order chi connectivity index (χ0) is 67.7. The first-order chi connectivity index (χ1) is 50.4. The van der Waals surface area contributed by atoms with Crippen LogP contribution in [0.5, 0.6) is 0 Å². The Kier molecular flexibility index (Phi) is 13.7. The molecule has 0 spiro atoms. The molecule has 0 amide bonds. The average molecular weight is 1380 g/mol. The van der Waals surface area contributed by atoms with Crippen LogP contribution in [0.3, 0.4) is 0 Å². The third-order valence-corrected chi connectivity index (χ3v) is 20.5. The summed E-state index contributed by atoms with van der Waals surface area (Å²) in [5.74, 6) is 1.67. The summed E-state index contributed by atoms with van der Waals surface area (Å²) in [6.07, 6.45) is 0. The molecule has 14 heteroatoms. The summed E-state index contributed by atoms with van der Waals surface area (Å²) in [4.78, 5) is 20.6. The Labute approximate surface area is 590 Å². The molecule has 480 valence electrons. The summed E-state index contributed by atoms with van der Waals surface area (Å²) in [6, 6.07) is 114. The monoisotopic (exact) mass is 1370 g/mol. The molecule has 14 aromatic carbocycles. The molecule has 0 aliphatic rings. The summed E-state index contributed by atoms with van der Waals surface area (Å²) in [5.41, 5.74) is 21.8. The smallest absolute Gasteiger partial charge is 0.423 e. The van der Waals surface area contributed by atoms with E-state index in [2.05, 4.69) is 292 Å². The van der Waals surface area contributed by atoms with Crippen LogP contribution in [0.4, 0.5) is 0 Å². The molecule has 0 saturated heterocycles. The zero-order valence-electron chi connectivity index (χ0n) is 54.5. The molecule has 0 aliphatic heterocycles. The Morgan fingerprint density at radius 1 is 0.245 bits per heavy atom. The number of rotatable bonds is 6. The van der Waals surface area contributed by atoms with Gasteiger partial charge in [-0.25, -0.2) is 19.9 Å². The topological polar surface area (TPSA) is 121 Å². The minimum Gasteiger partial charge on any atom is -0.423 e. The molecule has 0 aliphatic carbocycles. The lowest BCUT2D eigenvalue weighted by atomic mass is 9.80. The van der Waals surface area contributed by atoms with Gasteiger partial charge < -0.3 is 19.2 Å². The van der Waals surface area contributed by atoms with E-state index in [4.69, 9.17) is 19.9 Å². The van der Waals surface area contributed by atoms with Crippen LogP contribution < -0.4 is 5.46 Å². The maximum Gasteiger partial charge on any atom is 0.488 e. The highest BCUT2D eigenvalue weighted by Gasteiger charge is 2.24. The van der Waals surface area contributed by atoms with E-state index in [0.29, 0.717) is 5.46 Å². The fraction of sp³-hybridized carbons (Fsp3) is 0. The van der Waals surface area contributed by atoms with Gasteiger partial charge in [-0.1, -0.05) is 198 Å². The zero-order valence-corrected chi connectivity index (χ0v) is 56.1. The number of benzene rings is 14. The number of imidazole rings is 2. The van der Waals surface area contributed by atoms with Crippen LogP contribution in [0, 0.1) is 0 Å². The molecule has 0 radical (unpaired) electrons. The first-order valence-electron chi connectivity index (χ1n) is 34.0. The van der Waals surface area contributed by atoms with Crippen LogP contribution in [0.25, 0.3) is 177 Å². The summed E-state index contributed by atoms with van der Waals surface area (Å²) < 4.78 is 14.6. The van der Waals surface area contributed by atoms with Gasteiger partial charge in [-0.2, -0.15) is 0 Å². The Balaban J connectivity index is 0.000000112. The number of hydrogen-bond acceptors (Lipinski definition) is 6. The van der Waals surface area contributed by atoms with E-state index in [1.807, 2.05) is 72.8 Å². The van der Waals surface area contributed by atoms with Crippen molar-refractivity contribution in [1.29, 1.82) is 0 Å². The van der Waals surface area contributed by atoms with Crippen molar-refractivity contribution < 1.29 is 10.0 Å². The van der Waals surface area contributed by atoms with Gasteiger partial charge >= 0.3 is 7.12 Å². The van der Waals surface area contributed by atoms with Gasteiger partial charge in [0.2, 0.25) is 11.9 Å². The van der Waals surface area contributed by atoms with Crippen LogP contribution in [-0.2, 0) is 0 Å². The van der Waals surface area contributed by atoms with Crippen LogP contribution in [0.2, 0.25) is 0 Å². The highest BCUT2D eigenvalue weighted by Crippen LogP contribution is 2.41. The fourth-order valence-corrected chi connectivity index (χ4v) is 15.9. The summed E-state index contributed by atoms with van der Waals surface area (Å²) in [5, 5.41) is 30.3. The van der Waals surface area contributed by atoms with Crippen molar-refractivity contribution in [1.82, 2.24) is 47.0 Å².